The molecule has 0 spiro atoms. The van der Waals surface area contributed by atoms with Gasteiger partial charge in [0, 0.05) is 41.6 Å². The fourth-order valence-electron chi connectivity index (χ4n) is 3.52. The number of ether oxygens (including phenoxy) is 3. The van der Waals surface area contributed by atoms with E-state index in [0.717, 1.165) is 5.56 Å². The summed E-state index contributed by atoms with van der Waals surface area (Å²) >= 11 is 0. The monoisotopic (exact) mass is 447 g/mol. The van der Waals surface area contributed by atoms with Crippen molar-refractivity contribution in [3.8, 4) is 17.2 Å². The van der Waals surface area contributed by atoms with Crippen LogP contribution in [0.1, 0.15) is 40.4 Å². The smallest absolute Gasteiger partial charge is 0.336 e. The molecular weight excluding hydrogens is 425 g/mol. The van der Waals surface area contributed by atoms with E-state index in [0.29, 0.717) is 47.8 Å². The van der Waals surface area contributed by atoms with Gasteiger partial charge in [0.05, 0.1) is 6.61 Å². The molecule has 0 N–H and O–H groups in total. The topological polar surface area (TPSA) is 74.7 Å². The van der Waals surface area contributed by atoms with E-state index < -0.39 is 11.8 Å². The molecule has 3 aromatic rings. The molecule has 1 aromatic heterocycles. The van der Waals surface area contributed by atoms with Gasteiger partial charge in [0.25, 0.3) is 0 Å². The number of halogens is 1. The SMILES string of the molecule is CCOc1cc(/C=C/C(=O)Oc2ccc3c(c2F)CCC3=O)ccc1OCc1cccnc1. The van der Waals surface area contributed by atoms with Crippen LogP contribution in [-0.2, 0) is 17.8 Å². The van der Waals surface area contributed by atoms with E-state index in [9.17, 15) is 14.0 Å². The number of ketones is 1. The number of Topliss-reactive ketones (excluding diaryl/α,β-unsaturated/α-hetero) is 1. The second kappa shape index (κ2) is 10.1. The van der Waals surface area contributed by atoms with Gasteiger partial charge in [0.15, 0.2) is 28.8 Å². The average molecular weight is 447 g/mol. The van der Waals surface area contributed by atoms with Crippen molar-refractivity contribution in [2.75, 3.05) is 6.61 Å². The molecule has 0 aliphatic heterocycles. The minimum Gasteiger partial charge on any atom is -0.490 e. The lowest BCUT2D eigenvalue weighted by atomic mass is 10.1. The van der Waals surface area contributed by atoms with Gasteiger partial charge in [0.1, 0.15) is 6.61 Å². The summed E-state index contributed by atoms with van der Waals surface area (Å²) in [5.74, 6) is -0.574. The molecule has 0 radical (unpaired) electrons. The van der Waals surface area contributed by atoms with Gasteiger partial charge < -0.3 is 14.2 Å². The van der Waals surface area contributed by atoms with Crippen molar-refractivity contribution in [2.45, 2.75) is 26.4 Å². The molecule has 168 valence electrons. The van der Waals surface area contributed by atoms with Gasteiger partial charge in [-0.15, -0.1) is 0 Å². The fourth-order valence-corrected chi connectivity index (χ4v) is 3.52. The molecule has 0 amide bonds. The highest BCUT2D eigenvalue weighted by atomic mass is 19.1. The van der Waals surface area contributed by atoms with Crippen LogP contribution in [0.3, 0.4) is 0 Å². The molecule has 1 heterocycles. The van der Waals surface area contributed by atoms with Crippen LogP contribution in [0.2, 0.25) is 0 Å². The van der Waals surface area contributed by atoms with Crippen LogP contribution in [0.5, 0.6) is 17.2 Å². The first kappa shape index (κ1) is 22.2. The summed E-state index contributed by atoms with van der Waals surface area (Å²) < 4.78 is 31.2. The third kappa shape index (κ3) is 5.26. The molecule has 0 bridgehead atoms. The normalized spacial score (nSPS) is 12.6. The van der Waals surface area contributed by atoms with E-state index in [4.69, 9.17) is 14.2 Å². The standard InChI is InChI=1S/C26H22FNO5/c1-2-31-24-14-17(5-10-22(24)32-16-18-4-3-13-28-15-18)6-12-25(30)33-23-11-8-19-20(26(23)27)7-9-21(19)29/h3-6,8,10-15H,2,7,9,16H2,1H3/b12-6+. The first-order chi connectivity index (χ1) is 16.0. The predicted molar refractivity (Wildman–Crippen MR) is 120 cm³/mol. The molecule has 4 rings (SSSR count). The number of rotatable bonds is 8. The Hall–Kier alpha value is -4.00. The quantitative estimate of drug-likeness (QED) is 0.276. The van der Waals surface area contributed by atoms with Crippen LogP contribution in [0.4, 0.5) is 4.39 Å². The summed E-state index contributed by atoms with van der Waals surface area (Å²) in [5.41, 5.74) is 2.27. The van der Waals surface area contributed by atoms with E-state index in [1.807, 2.05) is 19.1 Å². The molecule has 6 nitrogen and oxygen atoms in total. The van der Waals surface area contributed by atoms with Gasteiger partial charge in [-0.2, -0.15) is 0 Å². The summed E-state index contributed by atoms with van der Waals surface area (Å²) in [4.78, 5) is 28.0. The van der Waals surface area contributed by atoms with Crippen LogP contribution in [-0.4, -0.2) is 23.3 Å². The Morgan fingerprint density at radius 3 is 2.73 bits per heavy atom. The number of nitrogens with zero attached hydrogens (tertiary/aromatic N) is 1. The Labute approximate surface area is 190 Å². The van der Waals surface area contributed by atoms with Crippen molar-refractivity contribution in [3.05, 3.63) is 89.0 Å². The maximum absolute atomic E-state index is 14.6. The lowest BCUT2D eigenvalue weighted by molar-refractivity contribution is -0.129. The number of hydrogen-bond acceptors (Lipinski definition) is 6. The van der Waals surface area contributed by atoms with Crippen molar-refractivity contribution in [1.29, 1.82) is 0 Å². The Morgan fingerprint density at radius 1 is 1.09 bits per heavy atom. The zero-order valence-electron chi connectivity index (χ0n) is 18.0. The molecule has 33 heavy (non-hydrogen) atoms. The van der Waals surface area contributed by atoms with E-state index >= 15 is 0 Å². The van der Waals surface area contributed by atoms with E-state index in [2.05, 4.69) is 4.98 Å². The molecule has 7 heteroatoms. The Kier molecular flexibility index (Phi) is 6.78. The molecule has 2 aromatic carbocycles. The van der Waals surface area contributed by atoms with Gasteiger partial charge in [-0.1, -0.05) is 12.1 Å². The highest BCUT2D eigenvalue weighted by Crippen LogP contribution is 2.31. The summed E-state index contributed by atoms with van der Waals surface area (Å²) in [6, 6.07) is 11.8. The van der Waals surface area contributed by atoms with Crippen molar-refractivity contribution in [1.82, 2.24) is 4.98 Å². The summed E-state index contributed by atoms with van der Waals surface area (Å²) in [6.45, 7) is 2.65. The second-order valence-electron chi connectivity index (χ2n) is 7.37. The van der Waals surface area contributed by atoms with E-state index in [1.54, 1.807) is 36.7 Å². The minimum absolute atomic E-state index is 0.0976. The first-order valence-electron chi connectivity index (χ1n) is 10.6. The first-order valence-corrected chi connectivity index (χ1v) is 10.6. The van der Waals surface area contributed by atoms with Gasteiger partial charge in [-0.3, -0.25) is 9.78 Å². The van der Waals surface area contributed by atoms with Crippen LogP contribution in [0.25, 0.3) is 6.08 Å². The zero-order valence-corrected chi connectivity index (χ0v) is 18.0. The highest BCUT2D eigenvalue weighted by Gasteiger charge is 2.25. The molecule has 0 saturated carbocycles. The number of fused-ring (bicyclic) bond motifs is 1. The highest BCUT2D eigenvalue weighted by molar-refractivity contribution is 6.00. The van der Waals surface area contributed by atoms with E-state index in [-0.39, 0.29) is 18.0 Å². The number of pyridine rings is 1. The number of hydrogen-bond donors (Lipinski definition) is 0. The number of benzene rings is 2. The van der Waals surface area contributed by atoms with Gasteiger partial charge in [0.2, 0.25) is 0 Å². The van der Waals surface area contributed by atoms with Crippen LogP contribution in [0.15, 0.2) is 60.9 Å². The maximum atomic E-state index is 14.6. The molecule has 0 atom stereocenters. The summed E-state index contributed by atoms with van der Waals surface area (Å²) in [5, 5.41) is 0. The van der Waals surface area contributed by atoms with Crippen LogP contribution >= 0.6 is 0 Å². The van der Waals surface area contributed by atoms with Crippen molar-refractivity contribution >= 4 is 17.8 Å². The maximum Gasteiger partial charge on any atom is 0.336 e. The number of carbonyl (C=O) groups is 2. The lowest BCUT2D eigenvalue weighted by Crippen LogP contribution is -2.07. The minimum atomic E-state index is -0.729. The molecule has 0 saturated heterocycles. The Bertz CT molecular complexity index is 1210. The number of esters is 1. The predicted octanol–water partition coefficient (Wildman–Crippen LogP) is 4.95. The molecule has 1 aliphatic rings. The molecule has 1 aliphatic carbocycles. The van der Waals surface area contributed by atoms with E-state index in [1.165, 1.54) is 18.2 Å². The fraction of sp³-hybridized carbons (Fsp3) is 0.192. The second-order valence-corrected chi connectivity index (χ2v) is 7.37. The number of aromatic nitrogens is 1. The Morgan fingerprint density at radius 2 is 1.94 bits per heavy atom. The lowest BCUT2D eigenvalue weighted by Gasteiger charge is -2.12. The zero-order chi connectivity index (χ0) is 23.2. The largest absolute Gasteiger partial charge is 0.490 e. The third-order valence-corrected chi connectivity index (χ3v) is 5.12. The van der Waals surface area contributed by atoms with Crippen LogP contribution in [0, 0.1) is 5.82 Å². The third-order valence-electron chi connectivity index (χ3n) is 5.12. The molecule has 0 unspecified atom stereocenters. The van der Waals surface area contributed by atoms with Crippen LogP contribution < -0.4 is 14.2 Å². The van der Waals surface area contributed by atoms with Crippen molar-refractivity contribution in [3.63, 3.8) is 0 Å². The van der Waals surface area contributed by atoms with Gasteiger partial charge in [-0.05, 0) is 55.3 Å². The molecular formula is C26H22FNO5. The summed E-state index contributed by atoms with van der Waals surface area (Å²) in [6.07, 6.45) is 6.76. The average Bonchev–Trinajstić information content (AvgIpc) is 3.21. The van der Waals surface area contributed by atoms with Crippen molar-refractivity contribution < 1.29 is 28.2 Å². The van der Waals surface area contributed by atoms with Crippen molar-refractivity contribution in [2.24, 2.45) is 0 Å². The molecule has 0 fully saturated rings. The Balaban J connectivity index is 1.43. The number of carbonyl (C=O) groups excluding carboxylic acids is 2. The van der Waals surface area contributed by atoms with Gasteiger partial charge in [-0.25, -0.2) is 9.18 Å². The van der Waals surface area contributed by atoms with Gasteiger partial charge >= 0.3 is 5.97 Å². The summed E-state index contributed by atoms with van der Waals surface area (Å²) in [7, 11) is 0.